The lowest BCUT2D eigenvalue weighted by atomic mass is 9.75. The van der Waals surface area contributed by atoms with Crippen LogP contribution < -0.4 is 0 Å². The van der Waals surface area contributed by atoms with Crippen LogP contribution in [0.25, 0.3) is 0 Å². The molecule has 3 nitrogen and oxygen atoms in total. The molecular formula is C17H35NO2. The molecule has 20 heavy (non-hydrogen) atoms. The van der Waals surface area contributed by atoms with Gasteiger partial charge in [0.1, 0.15) is 6.61 Å². The highest BCUT2D eigenvalue weighted by Crippen LogP contribution is 2.33. The molecule has 1 atom stereocenters. The van der Waals surface area contributed by atoms with E-state index in [1.54, 1.807) is 0 Å². The van der Waals surface area contributed by atoms with Gasteiger partial charge >= 0.3 is 5.97 Å². The van der Waals surface area contributed by atoms with Gasteiger partial charge < -0.3 is 4.74 Å². The minimum absolute atomic E-state index is 0.0257. The third-order valence-corrected chi connectivity index (χ3v) is 4.23. The molecule has 0 amide bonds. The molecule has 0 N–H and O–H groups in total. The van der Waals surface area contributed by atoms with Crippen molar-refractivity contribution in [3.8, 4) is 0 Å². The Morgan fingerprint density at radius 1 is 1.05 bits per heavy atom. The molecule has 0 radical (unpaired) electrons. The van der Waals surface area contributed by atoms with Crippen LogP contribution in [-0.4, -0.2) is 37.1 Å². The van der Waals surface area contributed by atoms with Gasteiger partial charge in [-0.25, -0.2) is 0 Å². The van der Waals surface area contributed by atoms with Gasteiger partial charge in [0, 0.05) is 6.54 Å². The van der Waals surface area contributed by atoms with Crippen molar-refractivity contribution in [3.05, 3.63) is 0 Å². The van der Waals surface area contributed by atoms with E-state index in [-0.39, 0.29) is 11.4 Å². The summed E-state index contributed by atoms with van der Waals surface area (Å²) < 4.78 is 5.56. The van der Waals surface area contributed by atoms with Crippen LogP contribution in [0, 0.1) is 11.3 Å². The molecule has 3 heteroatoms. The topological polar surface area (TPSA) is 29.5 Å². The minimum atomic E-state index is -0.338. The highest BCUT2D eigenvalue weighted by molar-refractivity contribution is 5.76. The van der Waals surface area contributed by atoms with Crippen molar-refractivity contribution in [1.82, 2.24) is 4.90 Å². The number of ether oxygens (including phenoxy) is 1. The molecule has 0 aliphatic heterocycles. The maximum absolute atomic E-state index is 12.4. The van der Waals surface area contributed by atoms with Crippen LogP contribution in [0.5, 0.6) is 0 Å². The van der Waals surface area contributed by atoms with E-state index in [0.717, 1.165) is 45.3 Å². The van der Waals surface area contributed by atoms with Crippen molar-refractivity contribution in [2.24, 2.45) is 11.3 Å². The average Bonchev–Trinajstić information content (AvgIpc) is 2.38. The van der Waals surface area contributed by atoms with Crippen LogP contribution in [0.3, 0.4) is 0 Å². The molecule has 0 bridgehead atoms. The number of carbonyl (C=O) groups is 1. The standard InChI is InChI=1S/C17H35NO2/c1-7-10-17(6,15(4)5)16(19)20-14-13-18(11-8-2)12-9-3/h15H,7-14H2,1-6H3. The summed E-state index contributed by atoms with van der Waals surface area (Å²) in [5, 5.41) is 0. The molecule has 0 saturated carbocycles. The van der Waals surface area contributed by atoms with Gasteiger partial charge in [0.2, 0.25) is 0 Å². The van der Waals surface area contributed by atoms with E-state index in [1.165, 1.54) is 0 Å². The zero-order valence-corrected chi connectivity index (χ0v) is 14.5. The van der Waals surface area contributed by atoms with Gasteiger partial charge in [-0.3, -0.25) is 9.69 Å². The highest BCUT2D eigenvalue weighted by atomic mass is 16.5. The van der Waals surface area contributed by atoms with E-state index in [4.69, 9.17) is 4.74 Å². The number of hydrogen-bond donors (Lipinski definition) is 0. The van der Waals surface area contributed by atoms with Crippen LogP contribution >= 0.6 is 0 Å². The first-order valence-electron chi connectivity index (χ1n) is 8.31. The molecule has 0 saturated heterocycles. The first kappa shape index (κ1) is 19.4. The molecule has 1 unspecified atom stereocenters. The molecule has 0 aliphatic carbocycles. The number of esters is 1. The van der Waals surface area contributed by atoms with Gasteiger partial charge in [-0.1, -0.05) is 41.0 Å². The molecule has 120 valence electrons. The van der Waals surface area contributed by atoms with Crippen LogP contribution in [0.2, 0.25) is 0 Å². The zero-order valence-electron chi connectivity index (χ0n) is 14.5. The lowest BCUT2D eigenvalue weighted by molar-refractivity contribution is -0.158. The Morgan fingerprint density at radius 2 is 1.60 bits per heavy atom. The smallest absolute Gasteiger partial charge is 0.312 e. The zero-order chi connectivity index (χ0) is 15.6. The predicted octanol–water partition coefficient (Wildman–Crippen LogP) is 4.11. The van der Waals surface area contributed by atoms with Gasteiger partial charge in [0.25, 0.3) is 0 Å². The van der Waals surface area contributed by atoms with Gasteiger partial charge in [-0.15, -0.1) is 0 Å². The molecule has 0 aromatic rings. The molecule has 0 aromatic carbocycles. The summed E-state index contributed by atoms with van der Waals surface area (Å²) in [5.41, 5.74) is -0.338. The van der Waals surface area contributed by atoms with Crippen molar-refractivity contribution in [2.75, 3.05) is 26.2 Å². The quantitative estimate of drug-likeness (QED) is 0.535. The Kier molecular flexibility index (Phi) is 9.91. The lowest BCUT2D eigenvalue weighted by Gasteiger charge is -2.31. The number of nitrogens with zero attached hydrogens (tertiary/aromatic N) is 1. The summed E-state index contributed by atoms with van der Waals surface area (Å²) in [6.07, 6.45) is 4.21. The predicted molar refractivity (Wildman–Crippen MR) is 85.8 cm³/mol. The molecule has 0 aromatic heterocycles. The van der Waals surface area contributed by atoms with Gasteiger partial charge in [-0.2, -0.15) is 0 Å². The van der Waals surface area contributed by atoms with Gasteiger partial charge in [0.05, 0.1) is 5.41 Å². The Labute approximate surface area is 126 Å². The fraction of sp³-hybridized carbons (Fsp3) is 0.941. The summed E-state index contributed by atoms with van der Waals surface area (Å²) in [6, 6.07) is 0. The second-order valence-corrected chi connectivity index (χ2v) is 6.30. The molecule has 0 aliphatic rings. The molecule has 0 spiro atoms. The Balaban J connectivity index is 4.31. The summed E-state index contributed by atoms with van der Waals surface area (Å²) in [5.74, 6) is 0.291. The van der Waals surface area contributed by atoms with Crippen molar-refractivity contribution < 1.29 is 9.53 Å². The minimum Gasteiger partial charge on any atom is -0.464 e. The van der Waals surface area contributed by atoms with Crippen molar-refractivity contribution in [1.29, 1.82) is 0 Å². The summed E-state index contributed by atoms with van der Waals surface area (Å²) in [4.78, 5) is 14.7. The maximum Gasteiger partial charge on any atom is 0.312 e. The van der Waals surface area contributed by atoms with Crippen LogP contribution in [0.15, 0.2) is 0 Å². The van der Waals surface area contributed by atoms with E-state index in [0.29, 0.717) is 12.5 Å². The second-order valence-electron chi connectivity index (χ2n) is 6.30. The fourth-order valence-corrected chi connectivity index (χ4v) is 2.55. The van der Waals surface area contributed by atoms with E-state index < -0.39 is 0 Å². The molecule has 0 rings (SSSR count). The average molecular weight is 285 g/mol. The third-order valence-electron chi connectivity index (χ3n) is 4.23. The van der Waals surface area contributed by atoms with Crippen LogP contribution in [-0.2, 0) is 9.53 Å². The van der Waals surface area contributed by atoms with Crippen LogP contribution in [0.4, 0.5) is 0 Å². The van der Waals surface area contributed by atoms with Crippen molar-refractivity contribution >= 4 is 5.97 Å². The number of hydrogen-bond acceptors (Lipinski definition) is 3. The number of rotatable bonds is 11. The molecule has 0 fully saturated rings. The SMILES string of the molecule is CCCN(CCC)CCOC(=O)C(C)(CCC)C(C)C. The van der Waals surface area contributed by atoms with E-state index >= 15 is 0 Å². The van der Waals surface area contributed by atoms with E-state index in [1.807, 2.05) is 6.92 Å². The Hall–Kier alpha value is -0.570. The Bertz CT molecular complexity index is 260. The summed E-state index contributed by atoms with van der Waals surface area (Å²) >= 11 is 0. The summed E-state index contributed by atoms with van der Waals surface area (Å²) in [7, 11) is 0. The monoisotopic (exact) mass is 285 g/mol. The largest absolute Gasteiger partial charge is 0.464 e. The van der Waals surface area contributed by atoms with Crippen LogP contribution in [0.1, 0.15) is 67.2 Å². The van der Waals surface area contributed by atoms with Crippen molar-refractivity contribution in [2.45, 2.75) is 67.2 Å². The normalized spacial score (nSPS) is 14.6. The molecule has 0 heterocycles. The highest BCUT2D eigenvalue weighted by Gasteiger charge is 2.37. The molecular weight excluding hydrogens is 250 g/mol. The maximum atomic E-state index is 12.4. The fourth-order valence-electron chi connectivity index (χ4n) is 2.55. The van der Waals surface area contributed by atoms with E-state index in [2.05, 4.69) is 39.5 Å². The first-order valence-corrected chi connectivity index (χ1v) is 8.31. The lowest BCUT2D eigenvalue weighted by Crippen LogP contribution is -2.37. The summed E-state index contributed by atoms with van der Waals surface area (Å²) in [6.45, 7) is 16.3. The van der Waals surface area contributed by atoms with Gasteiger partial charge in [-0.05, 0) is 45.2 Å². The Morgan fingerprint density at radius 3 is 2.00 bits per heavy atom. The third kappa shape index (κ3) is 6.25. The van der Waals surface area contributed by atoms with Crippen molar-refractivity contribution in [3.63, 3.8) is 0 Å². The van der Waals surface area contributed by atoms with Gasteiger partial charge in [0.15, 0.2) is 0 Å². The number of carbonyl (C=O) groups excluding carboxylic acids is 1. The first-order chi connectivity index (χ1) is 9.42. The second kappa shape index (κ2) is 10.2. The van der Waals surface area contributed by atoms with E-state index in [9.17, 15) is 4.79 Å².